The number of ketones is 1. The summed E-state index contributed by atoms with van der Waals surface area (Å²) < 4.78 is 0. The Kier molecular flexibility index (Phi) is 5.68. The van der Waals surface area contributed by atoms with Gasteiger partial charge in [-0.05, 0) is 18.7 Å². The van der Waals surface area contributed by atoms with E-state index in [-0.39, 0.29) is 0 Å². The van der Waals surface area contributed by atoms with Gasteiger partial charge in [-0.15, -0.1) is 0 Å². The topological polar surface area (TPSA) is 58.2 Å². The van der Waals surface area contributed by atoms with Crippen LogP contribution in [-0.4, -0.2) is 31.8 Å². The summed E-state index contributed by atoms with van der Waals surface area (Å²) in [5, 5.41) is 5.39. The van der Waals surface area contributed by atoms with Gasteiger partial charge in [-0.2, -0.15) is 0 Å². The van der Waals surface area contributed by atoms with Crippen molar-refractivity contribution < 1.29 is 9.59 Å². The van der Waals surface area contributed by atoms with Crippen LogP contribution in [0.25, 0.3) is 6.08 Å². The normalized spacial score (nSPS) is 10.4. The van der Waals surface area contributed by atoms with E-state index in [2.05, 4.69) is 10.6 Å². The second-order valence-electron chi connectivity index (χ2n) is 3.47. The zero-order valence-electron chi connectivity index (χ0n) is 9.77. The molecule has 0 atom stereocenters. The van der Waals surface area contributed by atoms with Crippen molar-refractivity contribution in [1.82, 2.24) is 10.6 Å². The SMILES string of the molecule is CNCCNC(=O)C(=O)/C=C/c1ccccc1. The predicted octanol–water partition coefficient (Wildman–Crippen LogP) is 0.604. The molecule has 0 saturated carbocycles. The minimum Gasteiger partial charge on any atom is -0.348 e. The van der Waals surface area contributed by atoms with Gasteiger partial charge in [0.2, 0.25) is 5.78 Å². The maximum absolute atomic E-state index is 11.4. The van der Waals surface area contributed by atoms with Crippen LogP contribution in [0, 0.1) is 0 Å². The van der Waals surface area contributed by atoms with Crippen molar-refractivity contribution in [3.8, 4) is 0 Å². The van der Waals surface area contributed by atoms with Gasteiger partial charge in [-0.25, -0.2) is 0 Å². The van der Waals surface area contributed by atoms with Crippen molar-refractivity contribution in [2.75, 3.05) is 20.1 Å². The van der Waals surface area contributed by atoms with Crippen LogP contribution in [0.4, 0.5) is 0 Å². The van der Waals surface area contributed by atoms with Gasteiger partial charge >= 0.3 is 0 Å². The van der Waals surface area contributed by atoms with Gasteiger partial charge < -0.3 is 10.6 Å². The minimum absolute atomic E-state index is 0.445. The fourth-order valence-electron chi connectivity index (χ4n) is 1.20. The van der Waals surface area contributed by atoms with E-state index < -0.39 is 11.7 Å². The second kappa shape index (κ2) is 7.35. The molecule has 0 spiro atoms. The Morgan fingerprint density at radius 3 is 2.53 bits per heavy atom. The molecule has 0 aliphatic heterocycles. The van der Waals surface area contributed by atoms with Crippen LogP contribution in [0.5, 0.6) is 0 Å². The lowest BCUT2D eigenvalue weighted by Gasteiger charge is -2.00. The predicted molar refractivity (Wildman–Crippen MR) is 67.4 cm³/mol. The lowest BCUT2D eigenvalue weighted by Crippen LogP contribution is -2.34. The summed E-state index contributed by atoms with van der Waals surface area (Å²) in [5.74, 6) is -1.11. The van der Waals surface area contributed by atoms with Gasteiger partial charge in [-0.1, -0.05) is 36.4 Å². The summed E-state index contributed by atoms with van der Waals surface area (Å²) in [4.78, 5) is 22.7. The Hall–Kier alpha value is -1.94. The van der Waals surface area contributed by atoms with Crippen LogP contribution in [0.15, 0.2) is 36.4 Å². The van der Waals surface area contributed by atoms with Crippen LogP contribution >= 0.6 is 0 Å². The Balaban J connectivity index is 2.43. The molecule has 2 N–H and O–H groups in total. The molecular formula is C13H16N2O2. The molecule has 0 bridgehead atoms. The van der Waals surface area contributed by atoms with E-state index in [0.717, 1.165) is 5.56 Å². The largest absolute Gasteiger partial charge is 0.348 e. The minimum atomic E-state index is -0.576. The highest BCUT2D eigenvalue weighted by atomic mass is 16.2. The molecule has 0 aliphatic carbocycles. The van der Waals surface area contributed by atoms with Crippen molar-refractivity contribution in [3.63, 3.8) is 0 Å². The van der Waals surface area contributed by atoms with E-state index in [9.17, 15) is 9.59 Å². The second-order valence-corrected chi connectivity index (χ2v) is 3.47. The summed E-state index contributed by atoms with van der Waals surface area (Å²) in [6, 6.07) is 9.36. The maximum atomic E-state index is 11.4. The molecule has 0 heterocycles. The van der Waals surface area contributed by atoms with Gasteiger partial charge in [0.1, 0.15) is 0 Å². The summed E-state index contributed by atoms with van der Waals surface area (Å²) in [7, 11) is 1.78. The molecule has 4 heteroatoms. The van der Waals surface area contributed by atoms with Gasteiger partial charge in [0.05, 0.1) is 0 Å². The number of likely N-dealkylation sites (N-methyl/N-ethyl adjacent to an activating group) is 1. The Labute approximate surface area is 101 Å². The Bertz CT molecular complexity index is 399. The number of carbonyl (C=O) groups is 2. The quantitative estimate of drug-likeness (QED) is 0.429. The van der Waals surface area contributed by atoms with E-state index in [4.69, 9.17) is 0 Å². The first-order valence-corrected chi connectivity index (χ1v) is 5.44. The lowest BCUT2D eigenvalue weighted by atomic mass is 10.2. The first kappa shape index (κ1) is 13.1. The van der Waals surface area contributed by atoms with Crippen LogP contribution < -0.4 is 10.6 Å². The van der Waals surface area contributed by atoms with Crippen LogP contribution in [0.2, 0.25) is 0 Å². The van der Waals surface area contributed by atoms with Gasteiger partial charge in [-0.3, -0.25) is 9.59 Å². The third kappa shape index (κ3) is 5.08. The molecular weight excluding hydrogens is 216 g/mol. The van der Waals surface area contributed by atoms with Crippen molar-refractivity contribution in [3.05, 3.63) is 42.0 Å². The van der Waals surface area contributed by atoms with Crippen LogP contribution in [0.1, 0.15) is 5.56 Å². The van der Waals surface area contributed by atoms with E-state index in [0.29, 0.717) is 13.1 Å². The monoisotopic (exact) mass is 232 g/mol. The number of nitrogens with one attached hydrogen (secondary N) is 2. The van der Waals surface area contributed by atoms with Crippen molar-refractivity contribution in [2.24, 2.45) is 0 Å². The molecule has 90 valence electrons. The van der Waals surface area contributed by atoms with E-state index in [1.807, 2.05) is 30.3 Å². The van der Waals surface area contributed by atoms with Gasteiger partial charge in [0.25, 0.3) is 5.91 Å². The average Bonchev–Trinajstić information content (AvgIpc) is 2.37. The third-order valence-electron chi connectivity index (χ3n) is 2.11. The van der Waals surface area contributed by atoms with Crippen molar-refractivity contribution in [1.29, 1.82) is 0 Å². The lowest BCUT2D eigenvalue weighted by molar-refractivity contribution is -0.135. The number of hydrogen-bond donors (Lipinski definition) is 2. The molecule has 0 saturated heterocycles. The highest BCUT2D eigenvalue weighted by molar-refractivity contribution is 6.41. The van der Waals surface area contributed by atoms with E-state index >= 15 is 0 Å². The molecule has 4 nitrogen and oxygen atoms in total. The standard InChI is InChI=1S/C13H16N2O2/c1-14-9-10-15-13(17)12(16)8-7-11-5-3-2-4-6-11/h2-8,14H,9-10H2,1H3,(H,15,17)/b8-7+. The number of hydrogen-bond acceptors (Lipinski definition) is 3. The fourth-order valence-corrected chi connectivity index (χ4v) is 1.20. The zero-order valence-corrected chi connectivity index (χ0v) is 9.77. The Morgan fingerprint density at radius 1 is 1.18 bits per heavy atom. The molecule has 0 unspecified atom stereocenters. The molecule has 17 heavy (non-hydrogen) atoms. The first-order valence-electron chi connectivity index (χ1n) is 5.44. The molecule has 0 aliphatic rings. The molecule has 1 amide bonds. The summed E-state index contributed by atoms with van der Waals surface area (Å²) in [6.45, 7) is 1.08. The van der Waals surface area contributed by atoms with Crippen molar-refractivity contribution in [2.45, 2.75) is 0 Å². The summed E-state index contributed by atoms with van der Waals surface area (Å²) in [5.41, 5.74) is 0.892. The molecule has 1 aromatic carbocycles. The Morgan fingerprint density at radius 2 is 1.88 bits per heavy atom. The van der Waals surface area contributed by atoms with Gasteiger partial charge in [0.15, 0.2) is 0 Å². The van der Waals surface area contributed by atoms with Crippen LogP contribution in [0.3, 0.4) is 0 Å². The molecule has 0 fully saturated rings. The molecule has 1 aromatic rings. The summed E-state index contributed by atoms with van der Waals surface area (Å²) in [6.07, 6.45) is 2.91. The summed E-state index contributed by atoms with van der Waals surface area (Å²) >= 11 is 0. The first-order chi connectivity index (χ1) is 8.24. The number of rotatable bonds is 6. The zero-order chi connectivity index (χ0) is 12.5. The molecule has 1 rings (SSSR count). The average molecular weight is 232 g/mol. The molecule has 0 radical (unpaired) electrons. The number of benzene rings is 1. The highest BCUT2D eigenvalue weighted by Crippen LogP contribution is 2.00. The van der Waals surface area contributed by atoms with E-state index in [1.54, 1.807) is 13.1 Å². The maximum Gasteiger partial charge on any atom is 0.291 e. The highest BCUT2D eigenvalue weighted by Gasteiger charge is 2.08. The third-order valence-corrected chi connectivity index (χ3v) is 2.11. The van der Waals surface area contributed by atoms with Crippen LogP contribution in [-0.2, 0) is 9.59 Å². The number of carbonyl (C=O) groups excluding carboxylic acids is 2. The fraction of sp³-hybridized carbons (Fsp3) is 0.231. The van der Waals surface area contributed by atoms with Gasteiger partial charge in [0, 0.05) is 13.1 Å². The molecule has 0 aromatic heterocycles. The smallest absolute Gasteiger partial charge is 0.291 e. The van der Waals surface area contributed by atoms with E-state index in [1.165, 1.54) is 6.08 Å². The number of amides is 1. The van der Waals surface area contributed by atoms with Crippen molar-refractivity contribution >= 4 is 17.8 Å².